The Kier molecular flexibility index (Phi) is 1.85. The largest absolute Gasteiger partial charge is 0.233 e. The van der Waals surface area contributed by atoms with E-state index >= 15 is 0 Å². The van der Waals surface area contributed by atoms with Crippen LogP contribution in [0.3, 0.4) is 0 Å². The van der Waals surface area contributed by atoms with E-state index in [1.807, 2.05) is 0 Å². The fraction of sp³-hybridized carbons (Fsp3) is 0. The predicted octanol–water partition coefficient (Wildman–Crippen LogP) is 1.23. The Labute approximate surface area is 78.5 Å². The van der Waals surface area contributed by atoms with Crippen LogP contribution in [-0.2, 0) is 4.79 Å². The van der Waals surface area contributed by atoms with E-state index in [9.17, 15) is 4.79 Å². The average Bonchev–Trinajstić information content (AvgIpc) is 2.49. The molecule has 2 aromatic rings. The number of carbonyl (C=O) groups excluding carboxylic acids is 1. The van der Waals surface area contributed by atoms with E-state index in [0.717, 1.165) is 0 Å². The molecule has 0 aliphatic carbocycles. The van der Waals surface area contributed by atoms with Crippen molar-refractivity contribution in [1.29, 1.82) is 0 Å². The molecule has 0 aliphatic heterocycles. The monoisotopic (exact) mass is 193 g/mol. The van der Waals surface area contributed by atoms with E-state index in [1.54, 1.807) is 18.2 Å². The van der Waals surface area contributed by atoms with Crippen LogP contribution in [0.4, 0.5) is 0 Å². The minimum absolute atomic E-state index is 0.369. The first-order chi connectivity index (χ1) is 6.31. The molecular formula is C8H4ClN3O. The lowest BCUT2D eigenvalue weighted by molar-refractivity contribution is 0.570. The van der Waals surface area contributed by atoms with Gasteiger partial charge in [0.1, 0.15) is 11.1 Å². The minimum Gasteiger partial charge on any atom is -0.233 e. The second-order valence-corrected chi connectivity index (χ2v) is 2.77. The maximum atomic E-state index is 10.1. The van der Waals surface area contributed by atoms with Crippen LogP contribution < -0.4 is 0 Å². The van der Waals surface area contributed by atoms with Crippen LogP contribution in [0.25, 0.3) is 11.7 Å². The molecule has 4 nitrogen and oxygen atoms in total. The van der Waals surface area contributed by atoms with Gasteiger partial charge < -0.3 is 0 Å². The van der Waals surface area contributed by atoms with Gasteiger partial charge in [0.25, 0.3) is 0 Å². The summed E-state index contributed by atoms with van der Waals surface area (Å²) in [6.07, 6.45) is 4.47. The average molecular weight is 194 g/mol. The Morgan fingerprint density at radius 1 is 1.62 bits per heavy atom. The molecule has 0 radical (unpaired) electrons. The van der Waals surface area contributed by atoms with Crippen LogP contribution in [0.15, 0.2) is 18.5 Å². The van der Waals surface area contributed by atoms with Gasteiger partial charge in [-0.3, -0.25) is 0 Å². The summed E-state index contributed by atoms with van der Waals surface area (Å²) >= 11 is 5.68. The van der Waals surface area contributed by atoms with Crippen molar-refractivity contribution in [3.8, 4) is 0 Å². The molecule has 2 rings (SSSR count). The summed E-state index contributed by atoms with van der Waals surface area (Å²) < 4.78 is 1.54. The molecule has 0 saturated heterocycles. The third-order valence-electron chi connectivity index (χ3n) is 1.58. The fourth-order valence-corrected chi connectivity index (χ4v) is 1.17. The number of nitrogens with zero attached hydrogens (tertiary/aromatic N) is 3. The van der Waals surface area contributed by atoms with Gasteiger partial charge in [-0.25, -0.2) is 14.3 Å². The minimum atomic E-state index is 0.369. The predicted molar refractivity (Wildman–Crippen MR) is 48.2 cm³/mol. The molecule has 2 heterocycles. The summed E-state index contributed by atoms with van der Waals surface area (Å²) in [6.45, 7) is 0. The lowest BCUT2D eigenvalue weighted by atomic mass is 10.3. The van der Waals surface area contributed by atoms with Gasteiger partial charge in [-0.2, -0.15) is 5.10 Å². The van der Waals surface area contributed by atoms with Gasteiger partial charge >= 0.3 is 0 Å². The first-order valence-corrected chi connectivity index (χ1v) is 3.90. The molecule has 0 N–H and O–H groups in total. The maximum Gasteiger partial charge on any atom is 0.164 e. The van der Waals surface area contributed by atoms with Crippen LogP contribution in [0.5, 0.6) is 0 Å². The highest BCUT2D eigenvalue weighted by molar-refractivity contribution is 6.29. The van der Waals surface area contributed by atoms with Crippen molar-refractivity contribution in [3.63, 3.8) is 0 Å². The zero-order valence-corrected chi connectivity index (χ0v) is 7.19. The number of fused-ring (bicyclic) bond motifs is 1. The Balaban J connectivity index is 2.78. The van der Waals surface area contributed by atoms with E-state index in [-0.39, 0.29) is 0 Å². The lowest BCUT2D eigenvalue weighted by Crippen LogP contribution is -1.88. The molecular weight excluding hydrogens is 190 g/mol. The van der Waals surface area contributed by atoms with Crippen LogP contribution in [0.2, 0.25) is 5.15 Å². The molecule has 0 atom stereocenters. The van der Waals surface area contributed by atoms with E-state index in [4.69, 9.17) is 11.6 Å². The van der Waals surface area contributed by atoms with E-state index < -0.39 is 0 Å². The number of aromatic nitrogens is 3. The van der Waals surface area contributed by atoms with E-state index in [2.05, 4.69) is 10.1 Å². The van der Waals surface area contributed by atoms with Crippen molar-refractivity contribution < 1.29 is 4.79 Å². The van der Waals surface area contributed by atoms with Gasteiger partial charge in [0.05, 0.1) is 11.8 Å². The van der Waals surface area contributed by atoms with Crippen molar-refractivity contribution in [2.75, 3.05) is 0 Å². The number of hydrogen-bond donors (Lipinski definition) is 0. The number of hydrogen-bond acceptors (Lipinski definition) is 3. The van der Waals surface area contributed by atoms with Gasteiger partial charge in [-0.1, -0.05) is 11.6 Å². The smallest absolute Gasteiger partial charge is 0.164 e. The normalized spacial score (nSPS) is 9.92. The Hall–Kier alpha value is -1.64. The quantitative estimate of drug-likeness (QED) is 0.506. The van der Waals surface area contributed by atoms with Crippen molar-refractivity contribution in [3.05, 3.63) is 29.2 Å². The molecule has 0 unspecified atom stereocenters. The zero-order valence-electron chi connectivity index (χ0n) is 6.44. The molecule has 0 saturated carbocycles. The third-order valence-corrected chi connectivity index (χ3v) is 1.79. The van der Waals surface area contributed by atoms with Crippen LogP contribution in [0.1, 0.15) is 5.56 Å². The molecule has 0 aromatic carbocycles. The third kappa shape index (κ3) is 1.33. The van der Waals surface area contributed by atoms with E-state index in [1.165, 1.54) is 16.8 Å². The van der Waals surface area contributed by atoms with Gasteiger partial charge in [-0.15, -0.1) is 0 Å². The van der Waals surface area contributed by atoms with Crippen molar-refractivity contribution in [2.45, 2.75) is 0 Å². The van der Waals surface area contributed by atoms with E-state index in [0.29, 0.717) is 16.4 Å². The molecule has 0 fully saturated rings. The van der Waals surface area contributed by atoms with Crippen molar-refractivity contribution in [2.24, 2.45) is 0 Å². The summed E-state index contributed by atoms with van der Waals surface area (Å²) in [5, 5.41) is 4.33. The molecule has 13 heavy (non-hydrogen) atoms. The van der Waals surface area contributed by atoms with Crippen LogP contribution in [0, 0.1) is 0 Å². The molecule has 0 bridgehead atoms. The first kappa shape index (κ1) is 7.98. The lowest BCUT2D eigenvalue weighted by Gasteiger charge is -1.92. The van der Waals surface area contributed by atoms with Crippen LogP contribution >= 0.6 is 11.6 Å². The number of rotatable bonds is 1. The second kappa shape index (κ2) is 3.01. The Bertz CT molecular complexity index is 499. The highest BCUT2D eigenvalue weighted by atomic mass is 35.5. The van der Waals surface area contributed by atoms with Gasteiger partial charge in [0.15, 0.2) is 5.65 Å². The highest BCUT2D eigenvalue weighted by Gasteiger charge is 2.02. The Morgan fingerprint density at radius 3 is 3.23 bits per heavy atom. The molecule has 64 valence electrons. The second-order valence-electron chi connectivity index (χ2n) is 2.38. The van der Waals surface area contributed by atoms with Crippen molar-refractivity contribution >= 4 is 29.3 Å². The standard InChI is InChI=1S/C8H4ClN3O/c9-7-1-3-12-8(11-7)6(2-4-13)5-10-12/h1-3,5H. The van der Waals surface area contributed by atoms with Gasteiger partial charge in [-0.05, 0) is 6.07 Å². The highest BCUT2D eigenvalue weighted by Crippen LogP contribution is 2.11. The molecule has 0 amide bonds. The molecule has 0 aliphatic rings. The molecule has 0 spiro atoms. The zero-order chi connectivity index (χ0) is 9.26. The molecule has 5 heteroatoms. The first-order valence-electron chi connectivity index (χ1n) is 3.52. The Morgan fingerprint density at radius 2 is 2.46 bits per heavy atom. The number of halogens is 1. The summed E-state index contributed by atoms with van der Waals surface area (Å²) in [6, 6.07) is 1.62. The summed E-state index contributed by atoms with van der Waals surface area (Å²) in [5.41, 5.74) is 1.16. The van der Waals surface area contributed by atoms with Crippen LogP contribution in [-0.4, -0.2) is 20.5 Å². The van der Waals surface area contributed by atoms with Gasteiger partial charge in [0, 0.05) is 12.3 Å². The SMILES string of the molecule is O=C=Cc1cnn2ccc(Cl)nc12. The molecule has 2 aromatic heterocycles. The van der Waals surface area contributed by atoms with Gasteiger partial charge in [0.2, 0.25) is 0 Å². The topological polar surface area (TPSA) is 47.3 Å². The fourth-order valence-electron chi connectivity index (χ4n) is 1.03. The summed E-state index contributed by atoms with van der Waals surface area (Å²) in [5.74, 6) is 1.67. The summed E-state index contributed by atoms with van der Waals surface area (Å²) in [7, 11) is 0. The van der Waals surface area contributed by atoms with Crippen molar-refractivity contribution in [1.82, 2.24) is 14.6 Å². The maximum absolute atomic E-state index is 10.1. The summed E-state index contributed by atoms with van der Waals surface area (Å²) in [4.78, 5) is 14.1.